The second-order valence-electron chi connectivity index (χ2n) is 4.85. The summed E-state index contributed by atoms with van der Waals surface area (Å²) in [4.78, 5) is 22.4. The van der Waals surface area contributed by atoms with Crippen LogP contribution in [0, 0.1) is 5.92 Å². The fourth-order valence-corrected chi connectivity index (χ4v) is 2.25. The molecular formula is C16H18O3. The van der Waals surface area contributed by atoms with Crippen molar-refractivity contribution < 1.29 is 14.3 Å². The number of methoxy groups -OCH3 is 1. The van der Waals surface area contributed by atoms with E-state index in [1.54, 1.807) is 12.1 Å². The van der Waals surface area contributed by atoms with Crippen LogP contribution in [0.4, 0.5) is 0 Å². The van der Waals surface area contributed by atoms with Crippen molar-refractivity contribution >= 4 is 17.8 Å². The number of carbonyl (C=O) groups excluding carboxylic acids is 2. The predicted molar refractivity (Wildman–Crippen MR) is 73.8 cm³/mol. The first kappa shape index (κ1) is 13.5. The molecule has 3 heteroatoms. The van der Waals surface area contributed by atoms with E-state index in [4.69, 9.17) is 0 Å². The van der Waals surface area contributed by atoms with Crippen LogP contribution in [-0.4, -0.2) is 18.9 Å². The van der Waals surface area contributed by atoms with Crippen LogP contribution in [0.15, 0.2) is 30.3 Å². The molecule has 1 aromatic carbocycles. The Morgan fingerprint density at radius 2 is 1.84 bits per heavy atom. The summed E-state index contributed by atoms with van der Waals surface area (Å²) >= 11 is 0. The summed E-state index contributed by atoms with van der Waals surface area (Å²) in [5, 5.41) is 0. The molecule has 2 rings (SSSR count). The topological polar surface area (TPSA) is 43.4 Å². The molecule has 19 heavy (non-hydrogen) atoms. The van der Waals surface area contributed by atoms with Crippen LogP contribution in [0.3, 0.4) is 0 Å². The second-order valence-corrected chi connectivity index (χ2v) is 4.85. The number of ketones is 1. The van der Waals surface area contributed by atoms with Gasteiger partial charge in [0.2, 0.25) is 0 Å². The maximum atomic E-state index is 11.3. The first-order chi connectivity index (χ1) is 9.19. The van der Waals surface area contributed by atoms with Crippen molar-refractivity contribution in [1.29, 1.82) is 0 Å². The van der Waals surface area contributed by atoms with Gasteiger partial charge in [0, 0.05) is 12.8 Å². The molecule has 1 fully saturated rings. The maximum Gasteiger partial charge on any atom is 0.337 e. The van der Waals surface area contributed by atoms with Crippen LogP contribution >= 0.6 is 0 Å². The molecular weight excluding hydrogens is 240 g/mol. The third-order valence-electron chi connectivity index (χ3n) is 3.48. The van der Waals surface area contributed by atoms with Crippen molar-refractivity contribution in [2.45, 2.75) is 25.7 Å². The van der Waals surface area contributed by atoms with Crippen LogP contribution in [0.2, 0.25) is 0 Å². The molecule has 1 aliphatic rings. The minimum Gasteiger partial charge on any atom is -0.465 e. The average molecular weight is 258 g/mol. The highest BCUT2D eigenvalue weighted by molar-refractivity contribution is 5.89. The summed E-state index contributed by atoms with van der Waals surface area (Å²) in [6.45, 7) is 0. The van der Waals surface area contributed by atoms with E-state index in [0.29, 0.717) is 30.1 Å². The van der Waals surface area contributed by atoms with Gasteiger partial charge in [0.1, 0.15) is 5.78 Å². The fraction of sp³-hybridized carbons (Fsp3) is 0.375. The largest absolute Gasteiger partial charge is 0.465 e. The van der Waals surface area contributed by atoms with Gasteiger partial charge in [-0.25, -0.2) is 4.79 Å². The van der Waals surface area contributed by atoms with Gasteiger partial charge < -0.3 is 4.74 Å². The van der Waals surface area contributed by atoms with E-state index in [1.807, 2.05) is 12.1 Å². The van der Waals surface area contributed by atoms with Gasteiger partial charge in [-0.05, 0) is 36.5 Å². The first-order valence-corrected chi connectivity index (χ1v) is 6.57. The third-order valence-corrected chi connectivity index (χ3v) is 3.48. The SMILES string of the molecule is COC(=O)c1ccc(C=CC2CCC(=O)CC2)cc1. The van der Waals surface area contributed by atoms with E-state index >= 15 is 0 Å². The summed E-state index contributed by atoms with van der Waals surface area (Å²) in [6.07, 6.45) is 7.54. The number of hydrogen-bond acceptors (Lipinski definition) is 3. The van der Waals surface area contributed by atoms with Crippen molar-refractivity contribution in [3.8, 4) is 0 Å². The van der Waals surface area contributed by atoms with Gasteiger partial charge in [-0.2, -0.15) is 0 Å². The lowest BCUT2D eigenvalue weighted by Gasteiger charge is -2.16. The normalized spacial score (nSPS) is 16.8. The molecule has 0 atom stereocenters. The van der Waals surface area contributed by atoms with Crippen molar-refractivity contribution in [2.75, 3.05) is 7.11 Å². The molecule has 100 valence electrons. The Kier molecular flexibility index (Phi) is 4.50. The molecule has 0 N–H and O–H groups in total. The van der Waals surface area contributed by atoms with E-state index in [9.17, 15) is 9.59 Å². The molecule has 1 saturated carbocycles. The lowest BCUT2D eigenvalue weighted by molar-refractivity contribution is -0.120. The minimum atomic E-state index is -0.318. The highest BCUT2D eigenvalue weighted by atomic mass is 16.5. The van der Waals surface area contributed by atoms with E-state index in [-0.39, 0.29) is 5.97 Å². The van der Waals surface area contributed by atoms with Gasteiger partial charge in [0.15, 0.2) is 0 Å². The van der Waals surface area contributed by atoms with E-state index in [1.165, 1.54) is 7.11 Å². The predicted octanol–water partition coefficient (Wildman–Crippen LogP) is 3.25. The number of esters is 1. The zero-order chi connectivity index (χ0) is 13.7. The van der Waals surface area contributed by atoms with Crippen LogP contribution < -0.4 is 0 Å². The summed E-state index contributed by atoms with van der Waals surface area (Å²) in [5.41, 5.74) is 1.62. The van der Waals surface area contributed by atoms with E-state index in [2.05, 4.69) is 16.9 Å². The van der Waals surface area contributed by atoms with E-state index < -0.39 is 0 Å². The molecule has 0 saturated heterocycles. The molecule has 0 aliphatic heterocycles. The smallest absolute Gasteiger partial charge is 0.337 e. The van der Waals surface area contributed by atoms with Crippen LogP contribution in [0.1, 0.15) is 41.6 Å². The van der Waals surface area contributed by atoms with Gasteiger partial charge in [0.05, 0.1) is 12.7 Å². The Hall–Kier alpha value is -1.90. The second kappa shape index (κ2) is 6.32. The number of ether oxygens (including phenoxy) is 1. The Morgan fingerprint density at radius 3 is 2.42 bits per heavy atom. The number of benzene rings is 1. The fourth-order valence-electron chi connectivity index (χ4n) is 2.25. The number of Topliss-reactive ketones (excluding diaryl/α,β-unsaturated/α-hetero) is 1. The summed E-state index contributed by atoms with van der Waals surface area (Å²) in [7, 11) is 1.38. The molecule has 0 unspecified atom stereocenters. The van der Waals surface area contributed by atoms with Crippen molar-refractivity contribution in [2.24, 2.45) is 5.92 Å². The van der Waals surface area contributed by atoms with Gasteiger partial charge in [-0.3, -0.25) is 4.79 Å². The Labute approximate surface area is 113 Å². The lowest BCUT2D eigenvalue weighted by Crippen LogP contribution is -2.11. The van der Waals surface area contributed by atoms with Crippen molar-refractivity contribution in [3.63, 3.8) is 0 Å². The molecule has 1 aliphatic carbocycles. The zero-order valence-electron chi connectivity index (χ0n) is 11.1. The Bertz CT molecular complexity index is 475. The monoisotopic (exact) mass is 258 g/mol. The van der Waals surface area contributed by atoms with Crippen LogP contribution in [0.25, 0.3) is 6.08 Å². The molecule has 0 amide bonds. The standard InChI is InChI=1S/C16H18O3/c1-19-16(18)14-8-4-12(5-9-14)2-3-13-6-10-15(17)11-7-13/h2-5,8-9,13H,6-7,10-11H2,1H3. The summed E-state index contributed by atoms with van der Waals surface area (Å²) in [5.74, 6) is 0.561. The Morgan fingerprint density at radius 1 is 1.21 bits per heavy atom. The van der Waals surface area contributed by atoms with Crippen LogP contribution in [0.5, 0.6) is 0 Å². The molecule has 0 aromatic heterocycles. The third kappa shape index (κ3) is 3.78. The van der Waals surface area contributed by atoms with E-state index in [0.717, 1.165) is 18.4 Å². The highest BCUT2D eigenvalue weighted by Crippen LogP contribution is 2.23. The molecule has 1 aromatic rings. The average Bonchev–Trinajstić information content (AvgIpc) is 2.46. The number of carbonyl (C=O) groups is 2. The number of hydrogen-bond donors (Lipinski definition) is 0. The zero-order valence-corrected chi connectivity index (χ0v) is 11.1. The van der Waals surface area contributed by atoms with Gasteiger partial charge in [0.25, 0.3) is 0 Å². The lowest BCUT2D eigenvalue weighted by atomic mass is 9.88. The van der Waals surface area contributed by atoms with Gasteiger partial charge in [-0.1, -0.05) is 24.3 Å². The van der Waals surface area contributed by atoms with Crippen molar-refractivity contribution in [3.05, 3.63) is 41.5 Å². The molecule has 0 spiro atoms. The highest BCUT2D eigenvalue weighted by Gasteiger charge is 2.15. The Balaban J connectivity index is 1.95. The molecule has 3 nitrogen and oxygen atoms in total. The number of rotatable bonds is 3. The molecule has 0 bridgehead atoms. The van der Waals surface area contributed by atoms with Crippen LogP contribution in [-0.2, 0) is 9.53 Å². The maximum absolute atomic E-state index is 11.3. The quantitative estimate of drug-likeness (QED) is 0.782. The summed E-state index contributed by atoms with van der Waals surface area (Å²) in [6, 6.07) is 7.32. The number of allylic oxidation sites excluding steroid dienone is 1. The summed E-state index contributed by atoms with van der Waals surface area (Å²) < 4.78 is 4.65. The van der Waals surface area contributed by atoms with Gasteiger partial charge >= 0.3 is 5.97 Å². The molecule has 0 radical (unpaired) electrons. The van der Waals surface area contributed by atoms with Crippen molar-refractivity contribution in [1.82, 2.24) is 0 Å². The van der Waals surface area contributed by atoms with Gasteiger partial charge in [-0.15, -0.1) is 0 Å². The minimum absolute atomic E-state index is 0.318. The first-order valence-electron chi connectivity index (χ1n) is 6.57. The molecule has 0 heterocycles.